The quantitative estimate of drug-likeness (QED) is 0.885. The molecule has 0 heterocycles. The van der Waals surface area contributed by atoms with Crippen LogP contribution in [-0.4, -0.2) is 29.1 Å². The van der Waals surface area contributed by atoms with E-state index in [0.29, 0.717) is 6.04 Å². The van der Waals surface area contributed by atoms with Crippen molar-refractivity contribution in [3.63, 3.8) is 0 Å². The van der Waals surface area contributed by atoms with Gasteiger partial charge in [-0.3, -0.25) is 4.90 Å². The molecule has 1 saturated carbocycles. The first-order valence-electron chi connectivity index (χ1n) is 7.19. The minimum atomic E-state index is -0.397. The first kappa shape index (κ1) is 12.6. The van der Waals surface area contributed by atoms with Crippen LogP contribution in [0.15, 0.2) is 42.5 Å². The number of aliphatic hydroxyl groups is 1. The number of hydrogen-bond acceptors (Lipinski definition) is 2. The topological polar surface area (TPSA) is 23.5 Å². The lowest BCUT2D eigenvalue weighted by Gasteiger charge is -2.24. The van der Waals surface area contributed by atoms with E-state index in [4.69, 9.17) is 0 Å². The summed E-state index contributed by atoms with van der Waals surface area (Å²) in [6.07, 6.45) is 2.18. The van der Waals surface area contributed by atoms with E-state index in [1.54, 1.807) is 0 Å². The second kappa shape index (κ2) is 5.32. The molecule has 0 saturated heterocycles. The Hall–Kier alpha value is -1.38. The molecular weight excluding hydrogens is 234 g/mol. The van der Waals surface area contributed by atoms with Gasteiger partial charge < -0.3 is 5.11 Å². The zero-order valence-electron chi connectivity index (χ0n) is 11.4. The second-order valence-corrected chi connectivity index (χ2v) is 5.40. The molecule has 100 valence electrons. The van der Waals surface area contributed by atoms with E-state index < -0.39 is 6.10 Å². The van der Waals surface area contributed by atoms with Gasteiger partial charge in [0.1, 0.15) is 0 Å². The summed E-state index contributed by atoms with van der Waals surface area (Å²) in [5.41, 5.74) is 1.05. The third kappa shape index (κ3) is 2.65. The van der Waals surface area contributed by atoms with Gasteiger partial charge in [0.2, 0.25) is 0 Å². The SMILES string of the molecule is CCN(CC(O)c1cccc2ccccc12)C1CC1. The molecule has 0 aliphatic heterocycles. The Morgan fingerprint density at radius 1 is 1.16 bits per heavy atom. The molecule has 1 N–H and O–H groups in total. The van der Waals surface area contributed by atoms with Crippen molar-refractivity contribution in [1.82, 2.24) is 4.90 Å². The molecule has 2 aromatic rings. The third-order valence-corrected chi connectivity index (χ3v) is 4.06. The number of fused-ring (bicyclic) bond motifs is 1. The summed E-state index contributed by atoms with van der Waals surface area (Å²) in [5.74, 6) is 0. The molecule has 19 heavy (non-hydrogen) atoms. The number of benzene rings is 2. The lowest BCUT2D eigenvalue weighted by atomic mass is 10.00. The predicted molar refractivity (Wildman–Crippen MR) is 79.2 cm³/mol. The first-order chi connectivity index (χ1) is 9.29. The fourth-order valence-corrected chi connectivity index (χ4v) is 2.84. The second-order valence-electron chi connectivity index (χ2n) is 5.40. The van der Waals surface area contributed by atoms with Crippen LogP contribution in [0.4, 0.5) is 0 Å². The highest BCUT2D eigenvalue weighted by Gasteiger charge is 2.29. The molecule has 1 aliphatic rings. The van der Waals surface area contributed by atoms with E-state index in [2.05, 4.69) is 30.0 Å². The van der Waals surface area contributed by atoms with Crippen LogP contribution < -0.4 is 0 Å². The van der Waals surface area contributed by atoms with Crippen molar-refractivity contribution in [3.8, 4) is 0 Å². The van der Waals surface area contributed by atoms with E-state index in [-0.39, 0.29) is 0 Å². The van der Waals surface area contributed by atoms with Gasteiger partial charge in [0.05, 0.1) is 6.10 Å². The summed E-state index contributed by atoms with van der Waals surface area (Å²) in [4.78, 5) is 2.40. The molecule has 0 radical (unpaired) electrons. The van der Waals surface area contributed by atoms with Gasteiger partial charge in [-0.2, -0.15) is 0 Å². The number of rotatable bonds is 5. The molecule has 1 unspecified atom stereocenters. The normalized spacial score (nSPS) is 17.0. The van der Waals surface area contributed by atoms with Crippen molar-refractivity contribution >= 4 is 10.8 Å². The fourth-order valence-electron chi connectivity index (χ4n) is 2.84. The van der Waals surface area contributed by atoms with E-state index in [1.165, 1.54) is 23.6 Å². The molecule has 2 nitrogen and oxygen atoms in total. The summed E-state index contributed by atoms with van der Waals surface area (Å²) >= 11 is 0. The van der Waals surface area contributed by atoms with Gasteiger partial charge in [0.25, 0.3) is 0 Å². The molecule has 2 aromatic carbocycles. The van der Waals surface area contributed by atoms with Gasteiger partial charge >= 0.3 is 0 Å². The molecular formula is C17H21NO. The van der Waals surface area contributed by atoms with Gasteiger partial charge in [0.15, 0.2) is 0 Å². The summed E-state index contributed by atoms with van der Waals surface area (Å²) in [5, 5.41) is 12.9. The lowest BCUT2D eigenvalue weighted by Crippen LogP contribution is -2.30. The molecule has 1 fully saturated rings. The van der Waals surface area contributed by atoms with Gasteiger partial charge in [-0.15, -0.1) is 0 Å². The van der Waals surface area contributed by atoms with E-state index >= 15 is 0 Å². The van der Waals surface area contributed by atoms with Gasteiger partial charge in [0, 0.05) is 12.6 Å². The average Bonchev–Trinajstić information content (AvgIpc) is 3.28. The maximum atomic E-state index is 10.6. The highest BCUT2D eigenvalue weighted by molar-refractivity contribution is 5.85. The van der Waals surface area contributed by atoms with Crippen molar-refractivity contribution in [2.45, 2.75) is 31.9 Å². The van der Waals surface area contributed by atoms with E-state index in [9.17, 15) is 5.11 Å². The molecule has 1 atom stereocenters. The zero-order chi connectivity index (χ0) is 13.2. The Kier molecular flexibility index (Phi) is 3.54. The molecule has 0 amide bonds. The van der Waals surface area contributed by atoms with Gasteiger partial charge in [-0.1, -0.05) is 49.4 Å². The predicted octanol–water partition coefficient (Wildman–Crippen LogP) is 3.36. The van der Waals surface area contributed by atoms with Crippen LogP contribution in [0.3, 0.4) is 0 Å². The van der Waals surface area contributed by atoms with Crippen LogP contribution in [0.1, 0.15) is 31.4 Å². The summed E-state index contributed by atoms with van der Waals surface area (Å²) in [7, 11) is 0. The Morgan fingerprint density at radius 3 is 2.63 bits per heavy atom. The smallest absolute Gasteiger partial charge is 0.0923 e. The molecule has 2 heteroatoms. The Balaban J connectivity index is 1.86. The number of nitrogens with zero attached hydrogens (tertiary/aromatic N) is 1. The highest BCUT2D eigenvalue weighted by Crippen LogP contribution is 2.30. The Labute approximate surface area is 114 Å². The van der Waals surface area contributed by atoms with Crippen molar-refractivity contribution in [1.29, 1.82) is 0 Å². The van der Waals surface area contributed by atoms with Crippen LogP contribution in [0.5, 0.6) is 0 Å². The third-order valence-electron chi connectivity index (χ3n) is 4.06. The molecule has 0 bridgehead atoms. The van der Waals surface area contributed by atoms with Crippen LogP contribution in [0, 0.1) is 0 Å². The largest absolute Gasteiger partial charge is 0.387 e. The molecule has 0 spiro atoms. The van der Waals surface area contributed by atoms with Crippen LogP contribution in [0.25, 0.3) is 10.8 Å². The van der Waals surface area contributed by atoms with Crippen molar-refractivity contribution in [3.05, 3.63) is 48.0 Å². The summed E-state index contributed by atoms with van der Waals surface area (Å²) in [6, 6.07) is 15.2. The standard InChI is InChI=1S/C17H21NO/c1-2-18(14-10-11-14)12-17(19)16-9-5-7-13-6-3-4-8-15(13)16/h3-9,14,17,19H,2,10-12H2,1H3. The summed E-state index contributed by atoms with van der Waals surface area (Å²) < 4.78 is 0. The van der Waals surface area contributed by atoms with Crippen LogP contribution >= 0.6 is 0 Å². The van der Waals surface area contributed by atoms with E-state index in [1.807, 2.05) is 24.3 Å². The number of likely N-dealkylation sites (N-methyl/N-ethyl adjacent to an activating group) is 1. The van der Waals surface area contributed by atoms with Crippen molar-refractivity contribution < 1.29 is 5.11 Å². The highest BCUT2D eigenvalue weighted by atomic mass is 16.3. The molecule has 0 aromatic heterocycles. The van der Waals surface area contributed by atoms with Crippen molar-refractivity contribution in [2.75, 3.05) is 13.1 Å². The van der Waals surface area contributed by atoms with E-state index in [0.717, 1.165) is 18.7 Å². The summed E-state index contributed by atoms with van der Waals surface area (Å²) in [6.45, 7) is 3.94. The maximum absolute atomic E-state index is 10.6. The zero-order valence-corrected chi connectivity index (χ0v) is 11.4. The minimum absolute atomic E-state index is 0.397. The molecule has 3 rings (SSSR count). The van der Waals surface area contributed by atoms with Gasteiger partial charge in [-0.05, 0) is 35.7 Å². The number of aliphatic hydroxyl groups excluding tert-OH is 1. The first-order valence-corrected chi connectivity index (χ1v) is 7.19. The lowest BCUT2D eigenvalue weighted by molar-refractivity contribution is 0.113. The number of hydrogen-bond donors (Lipinski definition) is 1. The van der Waals surface area contributed by atoms with Crippen LogP contribution in [-0.2, 0) is 0 Å². The fraction of sp³-hybridized carbons (Fsp3) is 0.412. The Bertz CT molecular complexity index is 557. The van der Waals surface area contributed by atoms with Crippen LogP contribution in [0.2, 0.25) is 0 Å². The minimum Gasteiger partial charge on any atom is -0.387 e. The Morgan fingerprint density at radius 2 is 1.89 bits per heavy atom. The monoisotopic (exact) mass is 255 g/mol. The van der Waals surface area contributed by atoms with Gasteiger partial charge in [-0.25, -0.2) is 0 Å². The van der Waals surface area contributed by atoms with Crippen molar-refractivity contribution in [2.24, 2.45) is 0 Å². The average molecular weight is 255 g/mol. The molecule has 1 aliphatic carbocycles. The maximum Gasteiger partial charge on any atom is 0.0923 e.